The molecule has 2 aromatic carbocycles. The Labute approximate surface area is 200 Å². The molecular weight excluding hydrogens is 452 g/mol. The number of nitrogens with zero attached hydrogens (tertiary/aromatic N) is 2. The number of aliphatic carboxylic acids is 1. The van der Waals surface area contributed by atoms with E-state index in [9.17, 15) is 24.6 Å². The molecule has 2 amide bonds. The lowest BCUT2D eigenvalue weighted by Crippen LogP contribution is -2.54. The number of fused-ring (bicyclic) bond motifs is 3. The number of aliphatic hydroxyl groups is 1. The number of carbonyl (C=O) groups excluding carboxylic acids is 2. The Kier molecular flexibility index (Phi) is 5.73. The number of amides is 2. The van der Waals surface area contributed by atoms with Crippen molar-refractivity contribution in [2.45, 2.75) is 24.4 Å². The van der Waals surface area contributed by atoms with E-state index in [2.05, 4.69) is 27.6 Å². The van der Waals surface area contributed by atoms with E-state index in [-0.39, 0.29) is 37.0 Å². The monoisotopic (exact) mass is 476 g/mol. The maximum atomic E-state index is 12.7. The fraction of sp³-hybridized carbons (Fsp3) is 0.280. The van der Waals surface area contributed by atoms with E-state index in [1.54, 1.807) is 0 Å². The Balaban J connectivity index is 1.21. The molecule has 10 heteroatoms. The minimum Gasteiger partial charge on any atom is -0.479 e. The lowest BCUT2D eigenvalue weighted by molar-refractivity contribution is -0.163. The minimum absolute atomic E-state index is 0.0635. The molecule has 5 rings (SSSR count). The molecule has 35 heavy (non-hydrogen) atoms. The number of ether oxygens (including phenoxy) is 1. The first-order chi connectivity index (χ1) is 16.9. The number of hydrogen-bond acceptors (Lipinski definition) is 6. The van der Waals surface area contributed by atoms with Gasteiger partial charge in [-0.1, -0.05) is 48.5 Å². The standard InChI is InChI=1S/C25H24N4O6/c30-22(29-11-5-10-25(34,14-29)23(31)32)20-12-21(28-27-20)26-24(33)35-13-19-17-8-3-1-6-15(17)16-7-2-4-9-18(16)19/h1-4,6-9,12,19,34H,5,10-11,13-14H2,(H,31,32)(H2,26,27,28,33). The second-order valence-corrected chi connectivity index (χ2v) is 8.78. The van der Waals surface area contributed by atoms with Crippen molar-refractivity contribution in [3.63, 3.8) is 0 Å². The number of aromatic amines is 1. The summed E-state index contributed by atoms with van der Waals surface area (Å²) >= 11 is 0. The summed E-state index contributed by atoms with van der Waals surface area (Å²) in [5.41, 5.74) is 2.53. The molecule has 0 bridgehead atoms. The van der Waals surface area contributed by atoms with Crippen LogP contribution in [0.25, 0.3) is 11.1 Å². The van der Waals surface area contributed by atoms with Crippen molar-refractivity contribution in [1.82, 2.24) is 15.1 Å². The van der Waals surface area contributed by atoms with Crippen LogP contribution < -0.4 is 5.32 Å². The number of anilines is 1. The summed E-state index contributed by atoms with van der Waals surface area (Å²) in [6.07, 6.45) is -0.285. The Hall–Kier alpha value is -4.18. The van der Waals surface area contributed by atoms with Gasteiger partial charge in [-0.3, -0.25) is 15.2 Å². The second-order valence-electron chi connectivity index (χ2n) is 8.78. The Bertz CT molecular complexity index is 1260. The van der Waals surface area contributed by atoms with Gasteiger partial charge in [0.05, 0.1) is 6.54 Å². The van der Waals surface area contributed by atoms with Crippen LogP contribution in [0.1, 0.15) is 40.4 Å². The van der Waals surface area contributed by atoms with Gasteiger partial charge in [-0.25, -0.2) is 9.59 Å². The van der Waals surface area contributed by atoms with Crippen LogP contribution in [-0.2, 0) is 9.53 Å². The number of benzene rings is 2. The van der Waals surface area contributed by atoms with Crippen molar-refractivity contribution in [3.05, 3.63) is 71.4 Å². The van der Waals surface area contributed by atoms with Crippen LogP contribution in [-0.4, -0.2) is 68.6 Å². The van der Waals surface area contributed by atoms with Gasteiger partial charge in [0, 0.05) is 18.5 Å². The second kappa shape index (κ2) is 8.88. The van der Waals surface area contributed by atoms with Gasteiger partial charge in [0.15, 0.2) is 11.4 Å². The highest BCUT2D eigenvalue weighted by molar-refractivity contribution is 5.95. The number of rotatable bonds is 5. The number of likely N-dealkylation sites (tertiary alicyclic amines) is 1. The molecule has 180 valence electrons. The number of piperidine rings is 1. The van der Waals surface area contributed by atoms with Gasteiger partial charge in [0.2, 0.25) is 0 Å². The van der Waals surface area contributed by atoms with Gasteiger partial charge < -0.3 is 19.8 Å². The van der Waals surface area contributed by atoms with Crippen LogP contribution >= 0.6 is 0 Å². The lowest BCUT2D eigenvalue weighted by Gasteiger charge is -2.35. The molecule has 2 heterocycles. The van der Waals surface area contributed by atoms with Crippen molar-refractivity contribution in [1.29, 1.82) is 0 Å². The van der Waals surface area contributed by atoms with Gasteiger partial charge in [0.25, 0.3) is 5.91 Å². The summed E-state index contributed by atoms with van der Waals surface area (Å²) in [6.45, 7) is 0.121. The van der Waals surface area contributed by atoms with E-state index < -0.39 is 23.6 Å². The number of carbonyl (C=O) groups is 3. The third-order valence-corrected chi connectivity index (χ3v) is 6.54. The predicted molar refractivity (Wildman–Crippen MR) is 125 cm³/mol. The first-order valence-corrected chi connectivity index (χ1v) is 11.3. The van der Waals surface area contributed by atoms with Crippen LogP contribution in [0.4, 0.5) is 10.6 Å². The van der Waals surface area contributed by atoms with Crippen LogP contribution in [0.2, 0.25) is 0 Å². The topological polar surface area (TPSA) is 145 Å². The molecule has 1 unspecified atom stereocenters. The number of nitrogens with one attached hydrogen (secondary N) is 2. The van der Waals surface area contributed by atoms with Crippen LogP contribution in [0.5, 0.6) is 0 Å². The maximum absolute atomic E-state index is 12.7. The third kappa shape index (κ3) is 4.24. The first-order valence-electron chi connectivity index (χ1n) is 11.3. The SMILES string of the molecule is O=C(Nc1cc(C(=O)N2CCCC(O)(C(=O)O)C2)[nH]n1)OCC1c2ccccc2-c2ccccc21. The zero-order valence-electron chi connectivity index (χ0n) is 18.7. The van der Waals surface area contributed by atoms with Crippen molar-refractivity contribution >= 4 is 23.8 Å². The quantitative estimate of drug-likeness (QED) is 0.443. The van der Waals surface area contributed by atoms with E-state index in [0.717, 1.165) is 22.3 Å². The van der Waals surface area contributed by atoms with Crippen LogP contribution in [0.3, 0.4) is 0 Å². The molecule has 0 saturated carbocycles. The number of β-amino-alcohol motifs (C(OH)–C–C–N with tert-alkyl or cyclic N) is 1. The predicted octanol–water partition coefficient (Wildman–Crippen LogP) is 2.82. The summed E-state index contributed by atoms with van der Waals surface area (Å²) < 4.78 is 5.49. The molecule has 1 aromatic heterocycles. The number of aromatic nitrogens is 2. The summed E-state index contributed by atoms with van der Waals surface area (Å²) in [5, 5.41) is 28.4. The summed E-state index contributed by atoms with van der Waals surface area (Å²) in [7, 11) is 0. The lowest BCUT2D eigenvalue weighted by atomic mass is 9.93. The zero-order valence-corrected chi connectivity index (χ0v) is 18.7. The summed E-state index contributed by atoms with van der Waals surface area (Å²) in [5.74, 6) is -1.87. The molecule has 1 atom stereocenters. The molecule has 1 aliphatic carbocycles. The highest BCUT2D eigenvalue weighted by Crippen LogP contribution is 2.44. The number of H-pyrrole nitrogens is 1. The van der Waals surface area contributed by atoms with E-state index in [1.807, 2.05) is 36.4 Å². The molecule has 1 fully saturated rings. The normalized spacial score (nSPS) is 19.1. The number of carboxylic acids is 1. The van der Waals surface area contributed by atoms with Gasteiger partial charge in [-0.15, -0.1) is 0 Å². The maximum Gasteiger partial charge on any atom is 0.412 e. The Morgan fingerprint density at radius 3 is 2.43 bits per heavy atom. The smallest absolute Gasteiger partial charge is 0.412 e. The third-order valence-electron chi connectivity index (χ3n) is 6.54. The van der Waals surface area contributed by atoms with Gasteiger partial charge in [0.1, 0.15) is 12.3 Å². The molecule has 10 nitrogen and oxygen atoms in total. The fourth-order valence-electron chi connectivity index (χ4n) is 4.79. The van der Waals surface area contributed by atoms with Crippen molar-refractivity contribution in [3.8, 4) is 11.1 Å². The van der Waals surface area contributed by atoms with Crippen molar-refractivity contribution < 1.29 is 29.3 Å². The van der Waals surface area contributed by atoms with E-state index in [0.29, 0.717) is 13.0 Å². The average molecular weight is 476 g/mol. The average Bonchev–Trinajstić information content (AvgIpc) is 3.45. The van der Waals surface area contributed by atoms with E-state index in [1.165, 1.54) is 11.0 Å². The molecule has 2 aliphatic rings. The minimum atomic E-state index is -1.98. The summed E-state index contributed by atoms with van der Waals surface area (Å²) in [4.78, 5) is 37.8. The van der Waals surface area contributed by atoms with Crippen LogP contribution in [0.15, 0.2) is 54.6 Å². The molecule has 1 saturated heterocycles. The largest absolute Gasteiger partial charge is 0.479 e. The molecule has 0 spiro atoms. The Morgan fingerprint density at radius 1 is 1.11 bits per heavy atom. The highest BCUT2D eigenvalue weighted by Gasteiger charge is 2.42. The zero-order chi connectivity index (χ0) is 24.6. The van der Waals surface area contributed by atoms with Crippen molar-refractivity contribution in [2.75, 3.05) is 25.0 Å². The highest BCUT2D eigenvalue weighted by atomic mass is 16.5. The Morgan fingerprint density at radius 2 is 1.77 bits per heavy atom. The number of carboxylic acid groups (broad SMARTS) is 1. The van der Waals surface area contributed by atoms with Crippen LogP contribution in [0, 0.1) is 0 Å². The summed E-state index contributed by atoms with van der Waals surface area (Å²) in [6, 6.07) is 17.4. The number of hydrogen-bond donors (Lipinski definition) is 4. The van der Waals surface area contributed by atoms with Gasteiger partial charge >= 0.3 is 12.1 Å². The van der Waals surface area contributed by atoms with E-state index >= 15 is 0 Å². The molecule has 1 aliphatic heterocycles. The molecule has 0 radical (unpaired) electrons. The molecule has 3 aromatic rings. The molecular formula is C25H24N4O6. The first kappa shape index (κ1) is 22.6. The fourth-order valence-corrected chi connectivity index (χ4v) is 4.79. The molecule has 4 N–H and O–H groups in total. The van der Waals surface area contributed by atoms with Gasteiger partial charge in [-0.05, 0) is 35.1 Å². The van der Waals surface area contributed by atoms with Crippen molar-refractivity contribution in [2.24, 2.45) is 0 Å². The van der Waals surface area contributed by atoms with Gasteiger partial charge in [-0.2, -0.15) is 5.10 Å². The van der Waals surface area contributed by atoms with E-state index in [4.69, 9.17) is 4.74 Å².